The van der Waals surface area contributed by atoms with Gasteiger partial charge in [-0.1, -0.05) is 71.1 Å². The Labute approximate surface area is 238 Å². The molecule has 2 N–H and O–H groups in total. The van der Waals surface area contributed by atoms with Crippen molar-refractivity contribution in [2.24, 2.45) is 0 Å². The number of hydrogen-bond donors (Lipinski definition) is 2. The van der Waals surface area contributed by atoms with Crippen LogP contribution >= 0.6 is 22.6 Å². The number of alkyl halides is 5. The van der Waals surface area contributed by atoms with Crippen molar-refractivity contribution in [1.29, 1.82) is 0 Å². The van der Waals surface area contributed by atoms with Crippen molar-refractivity contribution in [3.63, 3.8) is 0 Å². The topological polar surface area (TPSA) is 66.5 Å². The fourth-order valence-corrected chi connectivity index (χ4v) is 4.97. The van der Waals surface area contributed by atoms with Crippen LogP contribution in [0, 0.1) is 0 Å². The Morgan fingerprint density at radius 3 is 2.54 bits per heavy atom. The van der Waals surface area contributed by atoms with E-state index in [1.165, 1.54) is 18.2 Å². The highest BCUT2D eigenvalue weighted by atomic mass is 127. The molecule has 1 fully saturated rings. The molecule has 2 heterocycles. The van der Waals surface area contributed by atoms with Gasteiger partial charge in [-0.2, -0.15) is 17.6 Å². The van der Waals surface area contributed by atoms with E-state index in [1.54, 1.807) is 23.2 Å². The lowest BCUT2D eigenvalue weighted by atomic mass is 9.80. The first-order chi connectivity index (χ1) is 18.7. The fraction of sp³-hybridized carbons (Fsp3) is 0.357. The molecule has 1 saturated heterocycles. The first kappa shape index (κ1) is 29.1. The van der Waals surface area contributed by atoms with Gasteiger partial charge < -0.3 is 20.3 Å². The van der Waals surface area contributed by atoms with E-state index in [0.717, 1.165) is 28.5 Å². The summed E-state index contributed by atoms with van der Waals surface area (Å²) >= 11 is 2.22. The lowest BCUT2D eigenvalue weighted by molar-refractivity contribution is -0.253. The van der Waals surface area contributed by atoms with E-state index < -0.39 is 23.8 Å². The summed E-state index contributed by atoms with van der Waals surface area (Å²) in [6.45, 7) is 2.44. The molecule has 3 aromatic rings. The zero-order chi connectivity index (χ0) is 27.9. The number of amides is 2. The lowest BCUT2D eigenvalue weighted by Crippen LogP contribution is -2.54. The molecule has 0 spiro atoms. The Morgan fingerprint density at radius 2 is 1.85 bits per heavy atom. The number of nitrogens with one attached hydrogen (secondary N) is 2. The first-order valence-electron chi connectivity index (χ1n) is 12.5. The van der Waals surface area contributed by atoms with Crippen LogP contribution in [0.3, 0.4) is 0 Å². The minimum absolute atomic E-state index is 0.219. The predicted molar refractivity (Wildman–Crippen MR) is 148 cm³/mol. The summed E-state index contributed by atoms with van der Waals surface area (Å²) in [6.07, 6.45) is -5.99. The second kappa shape index (κ2) is 12.9. The van der Waals surface area contributed by atoms with E-state index in [2.05, 4.69) is 42.9 Å². The molecule has 0 unspecified atom stereocenters. The number of aromatic nitrogens is 1. The van der Waals surface area contributed by atoms with E-state index in [4.69, 9.17) is 0 Å². The standard InChI is InChI=1S/C28H29F4IN4O2/c29-25(30)28(31,32)39-23-9-4-8-22(16-23)27(17-20-6-2-1-3-7-20,24-11-10-21(18-33)19-35-24)36-26(38)37-14-5-12-34-13-15-37/h1-4,6-11,16,19,25,34H,5,12-15,17-18H2,(H,36,38)/t27-/m0/s1. The highest BCUT2D eigenvalue weighted by molar-refractivity contribution is 14.1. The lowest BCUT2D eigenvalue weighted by Gasteiger charge is -2.37. The second-order valence-electron chi connectivity index (χ2n) is 9.27. The van der Waals surface area contributed by atoms with E-state index in [1.807, 2.05) is 36.4 Å². The molecule has 0 radical (unpaired) electrons. The Kier molecular flexibility index (Phi) is 9.65. The maximum Gasteiger partial charge on any atom is 0.461 e. The monoisotopic (exact) mass is 656 g/mol. The van der Waals surface area contributed by atoms with Crippen molar-refractivity contribution in [2.75, 3.05) is 26.2 Å². The minimum Gasteiger partial charge on any atom is -0.428 e. The quantitative estimate of drug-likeness (QED) is 0.175. The smallest absolute Gasteiger partial charge is 0.428 e. The number of rotatable bonds is 9. The van der Waals surface area contributed by atoms with Crippen molar-refractivity contribution >= 4 is 28.6 Å². The molecule has 0 bridgehead atoms. The highest BCUT2D eigenvalue weighted by Gasteiger charge is 2.45. The van der Waals surface area contributed by atoms with Crippen molar-refractivity contribution in [2.45, 2.75) is 35.3 Å². The van der Waals surface area contributed by atoms with Crippen molar-refractivity contribution in [3.05, 3.63) is 95.3 Å². The molecule has 1 aliphatic rings. The highest BCUT2D eigenvalue weighted by Crippen LogP contribution is 2.36. The Balaban J connectivity index is 1.85. The molecule has 2 aromatic carbocycles. The molecule has 0 aliphatic carbocycles. The zero-order valence-corrected chi connectivity index (χ0v) is 23.2. The van der Waals surface area contributed by atoms with Gasteiger partial charge in [-0.25, -0.2) is 4.79 Å². The average Bonchev–Trinajstić information content (AvgIpc) is 3.23. The summed E-state index contributed by atoms with van der Waals surface area (Å²) in [5.74, 6) is -0.452. The summed E-state index contributed by atoms with van der Waals surface area (Å²) in [6, 6.07) is 18.2. The van der Waals surface area contributed by atoms with Crippen LogP contribution in [0.15, 0.2) is 72.9 Å². The molecular weight excluding hydrogens is 627 g/mol. The summed E-state index contributed by atoms with van der Waals surface area (Å²) in [4.78, 5) is 20.1. The summed E-state index contributed by atoms with van der Waals surface area (Å²) in [5, 5.41) is 6.43. The van der Waals surface area contributed by atoms with Gasteiger partial charge in [-0.3, -0.25) is 4.98 Å². The van der Waals surface area contributed by atoms with E-state index in [9.17, 15) is 22.4 Å². The van der Waals surface area contributed by atoms with E-state index >= 15 is 0 Å². The summed E-state index contributed by atoms with van der Waals surface area (Å²) < 4.78 is 58.6. The van der Waals surface area contributed by atoms with Gasteiger partial charge in [0.1, 0.15) is 11.3 Å². The molecular formula is C28H29F4IN4O2. The molecule has 11 heteroatoms. The minimum atomic E-state index is -4.68. The summed E-state index contributed by atoms with van der Waals surface area (Å²) in [7, 11) is 0. The third-order valence-electron chi connectivity index (χ3n) is 6.51. The molecule has 2 amide bonds. The van der Waals surface area contributed by atoms with Crippen molar-refractivity contribution in [1.82, 2.24) is 20.5 Å². The SMILES string of the molecule is O=C(N[C@@](Cc1ccccc1)(c1cccc(OC(F)(F)C(F)F)c1)c1ccc(CI)cn1)N1CCCNCC1. The molecule has 1 aromatic heterocycles. The maximum atomic E-state index is 13.8. The van der Waals surface area contributed by atoms with Crippen molar-refractivity contribution in [3.8, 4) is 5.75 Å². The second-order valence-corrected chi connectivity index (χ2v) is 10.0. The van der Waals surface area contributed by atoms with Crippen LogP contribution in [0.5, 0.6) is 5.75 Å². The number of ether oxygens (including phenoxy) is 1. The van der Waals surface area contributed by atoms with E-state index in [-0.39, 0.29) is 12.5 Å². The van der Waals surface area contributed by atoms with Gasteiger partial charge in [-0.05, 0) is 47.9 Å². The molecule has 39 heavy (non-hydrogen) atoms. The number of halogens is 5. The third kappa shape index (κ3) is 7.18. The zero-order valence-electron chi connectivity index (χ0n) is 21.1. The Bertz CT molecular complexity index is 1230. The van der Waals surface area contributed by atoms with Crippen molar-refractivity contribution < 1.29 is 27.1 Å². The van der Waals surface area contributed by atoms with Gasteiger partial charge in [0.25, 0.3) is 0 Å². The number of carbonyl (C=O) groups excluding carboxylic acids is 1. The molecule has 4 rings (SSSR count). The number of urea groups is 1. The fourth-order valence-electron chi connectivity index (χ4n) is 4.52. The molecule has 1 aliphatic heterocycles. The van der Waals surface area contributed by atoms with Gasteiger partial charge >= 0.3 is 18.6 Å². The van der Waals surface area contributed by atoms with Gasteiger partial charge in [0.2, 0.25) is 0 Å². The largest absolute Gasteiger partial charge is 0.461 e. The van der Waals surface area contributed by atoms with Crippen LogP contribution in [0.2, 0.25) is 0 Å². The number of hydrogen-bond acceptors (Lipinski definition) is 4. The summed E-state index contributed by atoms with van der Waals surface area (Å²) in [5.41, 5.74) is 1.32. The number of pyridine rings is 1. The van der Waals surface area contributed by atoms with Crippen LogP contribution in [0.1, 0.15) is 28.8 Å². The first-order valence-corrected chi connectivity index (χ1v) is 14.0. The van der Waals surface area contributed by atoms with Crippen LogP contribution in [0.25, 0.3) is 0 Å². The predicted octanol–water partition coefficient (Wildman–Crippen LogP) is 5.74. The number of benzene rings is 2. The molecule has 208 valence electrons. The van der Waals surface area contributed by atoms with E-state index in [0.29, 0.717) is 30.9 Å². The van der Waals surface area contributed by atoms with Gasteiger partial charge in [0.05, 0.1) is 5.69 Å². The van der Waals surface area contributed by atoms with Crippen LogP contribution < -0.4 is 15.4 Å². The number of nitrogens with zero attached hydrogens (tertiary/aromatic N) is 2. The Hall–Kier alpha value is -2.93. The maximum absolute atomic E-state index is 13.8. The van der Waals surface area contributed by atoms with Crippen LogP contribution in [-0.4, -0.2) is 54.6 Å². The third-order valence-corrected chi connectivity index (χ3v) is 7.39. The number of carbonyl (C=O) groups is 1. The molecule has 0 saturated carbocycles. The van der Waals surface area contributed by atoms with Gasteiger partial charge in [0, 0.05) is 36.7 Å². The normalized spacial score (nSPS) is 15.9. The molecule has 6 nitrogen and oxygen atoms in total. The average molecular weight is 656 g/mol. The Morgan fingerprint density at radius 1 is 1.05 bits per heavy atom. The molecule has 1 atom stereocenters. The van der Waals surface area contributed by atoms with Crippen LogP contribution in [0.4, 0.5) is 22.4 Å². The van der Waals surface area contributed by atoms with Crippen LogP contribution in [-0.2, 0) is 16.4 Å². The van der Waals surface area contributed by atoms with Gasteiger partial charge in [0.15, 0.2) is 0 Å². The van der Waals surface area contributed by atoms with Gasteiger partial charge in [-0.15, -0.1) is 0 Å².